The minimum atomic E-state index is -2.92. The number of hydrogen-bond donors (Lipinski definition) is 0. The van der Waals surface area contributed by atoms with Gasteiger partial charge in [-0.3, -0.25) is 0 Å². The largest absolute Gasteiger partial charge is 0.272 e. The van der Waals surface area contributed by atoms with E-state index in [2.05, 4.69) is 6.58 Å². The molecule has 0 aromatic rings. The van der Waals surface area contributed by atoms with Crippen LogP contribution in [0.5, 0.6) is 0 Å². The Kier molecular flexibility index (Phi) is 2.48. The molecule has 0 aliphatic rings. The van der Waals surface area contributed by atoms with Gasteiger partial charge in [0, 0.05) is 0 Å². The molecule has 0 amide bonds. The second-order valence-corrected chi connectivity index (χ2v) is 1.01. The van der Waals surface area contributed by atoms with E-state index in [1.165, 1.54) is 0 Å². The van der Waals surface area contributed by atoms with Crippen LogP contribution in [-0.4, -0.2) is 12.6 Å². The second-order valence-electron chi connectivity index (χ2n) is 1.01. The summed E-state index contributed by atoms with van der Waals surface area (Å²) >= 11 is 0. The highest BCUT2D eigenvalue weighted by Gasteiger charge is 2.13. The van der Waals surface area contributed by atoms with Crippen molar-refractivity contribution in [2.75, 3.05) is 0 Å². The molecular formula is C4H5F3. The van der Waals surface area contributed by atoms with Gasteiger partial charge in [0.05, 0.1) is 0 Å². The van der Waals surface area contributed by atoms with Crippen LogP contribution in [0.1, 0.15) is 0 Å². The molecule has 0 aliphatic heterocycles. The summed E-state index contributed by atoms with van der Waals surface area (Å²) in [6.07, 6.45) is -4.51. The standard InChI is InChI=1S/C4H5F3/c1-2-3(5)4(6)7/h2-4H,1H2. The van der Waals surface area contributed by atoms with Crippen LogP contribution in [0.4, 0.5) is 13.2 Å². The molecule has 0 rings (SSSR count). The van der Waals surface area contributed by atoms with Gasteiger partial charge >= 0.3 is 0 Å². The average Bonchev–Trinajstić information content (AvgIpc) is 1.65. The Balaban J connectivity index is 3.33. The van der Waals surface area contributed by atoms with Crippen molar-refractivity contribution in [3.63, 3.8) is 0 Å². The summed E-state index contributed by atoms with van der Waals surface area (Å²) in [6.45, 7) is 2.83. The summed E-state index contributed by atoms with van der Waals surface area (Å²) in [5, 5.41) is 0. The van der Waals surface area contributed by atoms with Gasteiger partial charge in [0.1, 0.15) is 0 Å². The lowest BCUT2D eigenvalue weighted by atomic mass is 10.4. The van der Waals surface area contributed by atoms with Gasteiger partial charge < -0.3 is 0 Å². The quantitative estimate of drug-likeness (QED) is 0.475. The van der Waals surface area contributed by atoms with Crippen molar-refractivity contribution in [3.05, 3.63) is 12.7 Å². The average molecular weight is 110 g/mol. The van der Waals surface area contributed by atoms with Crippen molar-refractivity contribution < 1.29 is 13.2 Å². The van der Waals surface area contributed by atoms with Gasteiger partial charge in [-0.05, 0) is 0 Å². The Morgan fingerprint density at radius 3 is 1.71 bits per heavy atom. The summed E-state index contributed by atoms with van der Waals surface area (Å²) in [7, 11) is 0. The van der Waals surface area contributed by atoms with Crippen LogP contribution in [-0.2, 0) is 0 Å². The highest BCUT2D eigenvalue weighted by atomic mass is 19.3. The summed E-state index contributed by atoms with van der Waals surface area (Å²) in [6, 6.07) is 0. The molecule has 1 atom stereocenters. The first-order valence-electron chi connectivity index (χ1n) is 1.73. The Labute approximate surface area is 39.6 Å². The monoisotopic (exact) mass is 110 g/mol. The molecule has 0 aliphatic carbocycles. The normalized spacial score (nSPS) is 14.3. The zero-order valence-corrected chi connectivity index (χ0v) is 3.57. The molecule has 0 fully saturated rings. The van der Waals surface area contributed by atoms with E-state index in [-0.39, 0.29) is 0 Å². The number of hydrogen-bond acceptors (Lipinski definition) is 0. The predicted molar refractivity (Wildman–Crippen MR) is 21.1 cm³/mol. The predicted octanol–water partition coefficient (Wildman–Crippen LogP) is 1.78. The van der Waals surface area contributed by atoms with Gasteiger partial charge in [-0.2, -0.15) is 0 Å². The number of alkyl halides is 3. The first-order chi connectivity index (χ1) is 3.18. The third-order valence-electron chi connectivity index (χ3n) is 0.466. The van der Waals surface area contributed by atoms with E-state index in [0.717, 1.165) is 0 Å². The SMILES string of the molecule is C=CC(F)C(F)F. The van der Waals surface area contributed by atoms with Crippen LogP contribution in [0.25, 0.3) is 0 Å². The van der Waals surface area contributed by atoms with Gasteiger partial charge in [-0.25, -0.2) is 13.2 Å². The topological polar surface area (TPSA) is 0 Å². The highest BCUT2D eigenvalue weighted by Crippen LogP contribution is 2.04. The van der Waals surface area contributed by atoms with Crippen molar-refractivity contribution in [1.82, 2.24) is 0 Å². The van der Waals surface area contributed by atoms with Crippen LogP contribution >= 0.6 is 0 Å². The summed E-state index contributed by atoms with van der Waals surface area (Å²) in [5.41, 5.74) is 0. The van der Waals surface area contributed by atoms with Crippen LogP contribution in [0.15, 0.2) is 12.7 Å². The van der Waals surface area contributed by atoms with Crippen molar-refractivity contribution in [3.8, 4) is 0 Å². The molecule has 7 heavy (non-hydrogen) atoms. The molecule has 3 heteroatoms. The lowest BCUT2D eigenvalue weighted by Crippen LogP contribution is -2.06. The fraction of sp³-hybridized carbons (Fsp3) is 0.500. The Morgan fingerprint density at radius 2 is 1.71 bits per heavy atom. The fourth-order valence-corrected chi connectivity index (χ4v) is 0.103. The van der Waals surface area contributed by atoms with Gasteiger partial charge in [0.25, 0.3) is 6.43 Å². The van der Waals surface area contributed by atoms with Crippen LogP contribution in [0.2, 0.25) is 0 Å². The van der Waals surface area contributed by atoms with E-state index >= 15 is 0 Å². The molecule has 0 saturated carbocycles. The first kappa shape index (κ1) is 6.53. The van der Waals surface area contributed by atoms with E-state index in [1.54, 1.807) is 0 Å². The van der Waals surface area contributed by atoms with Gasteiger partial charge in [0.15, 0.2) is 6.17 Å². The van der Waals surface area contributed by atoms with Crippen molar-refractivity contribution in [2.45, 2.75) is 12.6 Å². The molecule has 42 valence electrons. The summed E-state index contributed by atoms with van der Waals surface area (Å²) in [4.78, 5) is 0. The van der Waals surface area contributed by atoms with E-state index in [1.807, 2.05) is 0 Å². The van der Waals surface area contributed by atoms with Crippen LogP contribution in [0, 0.1) is 0 Å². The Morgan fingerprint density at radius 1 is 1.29 bits per heavy atom. The summed E-state index contributed by atoms with van der Waals surface area (Å²) in [5.74, 6) is 0. The van der Waals surface area contributed by atoms with Gasteiger partial charge in [-0.15, -0.1) is 6.58 Å². The molecule has 0 saturated heterocycles. The molecule has 0 N–H and O–H groups in total. The second kappa shape index (κ2) is 2.66. The zero-order valence-electron chi connectivity index (χ0n) is 3.57. The van der Waals surface area contributed by atoms with E-state index in [9.17, 15) is 13.2 Å². The van der Waals surface area contributed by atoms with E-state index in [4.69, 9.17) is 0 Å². The van der Waals surface area contributed by atoms with Gasteiger partial charge in [-0.1, -0.05) is 6.08 Å². The minimum Gasteiger partial charge on any atom is -0.237 e. The summed E-state index contributed by atoms with van der Waals surface area (Å²) < 4.78 is 33.4. The number of halogens is 3. The highest BCUT2D eigenvalue weighted by molar-refractivity contribution is 4.79. The number of rotatable bonds is 2. The number of allylic oxidation sites excluding steroid dienone is 1. The third kappa shape index (κ3) is 2.25. The maximum absolute atomic E-state index is 11.4. The Hall–Kier alpha value is -0.470. The van der Waals surface area contributed by atoms with Gasteiger partial charge in [0.2, 0.25) is 0 Å². The fourth-order valence-electron chi connectivity index (χ4n) is 0.103. The molecule has 1 unspecified atom stereocenters. The third-order valence-corrected chi connectivity index (χ3v) is 0.466. The van der Waals surface area contributed by atoms with Crippen LogP contribution in [0.3, 0.4) is 0 Å². The molecule has 0 spiro atoms. The van der Waals surface area contributed by atoms with E-state index < -0.39 is 12.6 Å². The van der Waals surface area contributed by atoms with Crippen LogP contribution < -0.4 is 0 Å². The molecule has 0 heterocycles. The zero-order chi connectivity index (χ0) is 5.86. The minimum absolute atomic E-state index is 0.574. The molecule has 0 aromatic heterocycles. The Bertz CT molecular complexity index is 60.0. The van der Waals surface area contributed by atoms with E-state index in [0.29, 0.717) is 6.08 Å². The first-order valence-corrected chi connectivity index (χ1v) is 1.73. The molecule has 0 bridgehead atoms. The smallest absolute Gasteiger partial charge is 0.237 e. The maximum Gasteiger partial charge on any atom is 0.272 e. The maximum atomic E-state index is 11.4. The van der Waals surface area contributed by atoms with Crippen molar-refractivity contribution in [2.24, 2.45) is 0 Å². The molecule has 0 aromatic carbocycles. The van der Waals surface area contributed by atoms with Crippen molar-refractivity contribution in [1.29, 1.82) is 0 Å². The molecule has 0 nitrogen and oxygen atoms in total. The van der Waals surface area contributed by atoms with Crippen molar-refractivity contribution >= 4 is 0 Å². The molecular weight excluding hydrogens is 105 g/mol. The lowest BCUT2D eigenvalue weighted by Gasteiger charge is -1.95. The lowest BCUT2D eigenvalue weighted by molar-refractivity contribution is 0.0752. The molecule has 0 radical (unpaired) electrons.